The molecule has 0 spiro atoms. The van der Waals surface area contributed by atoms with Crippen molar-refractivity contribution in [3.8, 4) is 33.8 Å². The summed E-state index contributed by atoms with van der Waals surface area (Å²) < 4.78 is 13.5. The van der Waals surface area contributed by atoms with Crippen molar-refractivity contribution in [2.45, 2.75) is 19.1 Å². The van der Waals surface area contributed by atoms with Gasteiger partial charge in [-0.3, -0.25) is 10.1 Å². The minimum atomic E-state index is -0.548. The summed E-state index contributed by atoms with van der Waals surface area (Å²) in [6.45, 7) is 0. The Labute approximate surface area is 211 Å². The molecule has 182 valence electrons. The second-order valence-electron chi connectivity index (χ2n) is 9.52. The lowest BCUT2D eigenvalue weighted by Gasteiger charge is -2.13. The van der Waals surface area contributed by atoms with Crippen LogP contribution in [0, 0.1) is 11.7 Å². The second kappa shape index (κ2) is 8.53. The minimum absolute atomic E-state index is 0.270. The highest BCUT2D eigenvalue weighted by Gasteiger charge is 2.29. The molecule has 7 nitrogen and oxygen atoms in total. The van der Waals surface area contributed by atoms with Crippen LogP contribution in [0.1, 0.15) is 12.8 Å². The lowest BCUT2D eigenvalue weighted by atomic mass is 10.0. The van der Waals surface area contributed by atoms with Crippen LogP contribution in [0.25, 0.3) is 55.7 Å². The third kappa shape index (κ3) is 4.01. The van der Waals surface area contributed by atoms with Crippen LogP contribution in [-0.4, -0.2) is 36.5 Å². The topological polar surface area (TPSA) is 103 Å². The predicted molar refractivity (Wildman–Crippen MR) is 142 cm³/mol. The summed E-state index contributed by atoms with van der Waals surface area (Å²) in [6, 6.07) is 20.4. The molecule has 1 aliphatic carbocycles. The maximum atomic E-state index is 13.5. The van der Waals surface area contributed by atoms with E-state index >= 15 is 0 Å². The maximum Gasteiger partial charge on any atom is 0.159 e. The fourth-order valence-electron chi connectivity index (χ4n) is 4.76. The van der Waals surface area contributed by atoms with E-state index in [1.807, 2.05) is 42.6 Å². The number of fused-ring (bicyclic) bond motifs is 2. The summed E-state index contributed by atoms with van der Waals surface area (Å²) in [7, 11) is 0. The zero-order valence-corrected chi connectivity index (χ0v) is 19.7. The van der Waals surface area contributed by atoms with Gasteiger partial charge in [-0.05, 0) is 60.4 Å². The molecule has 6 aromatic rings. The Kier molecular flexibility index (Phi) is 5.00. The number of hydrogen-bond acceptors (Lipinski definition) is 5. The monoisotopic (exact) mass is 490 g/mol. The summed E-state index contributed by atoms with van der Waals surface area (Å²) in [5.41, 5.74) is 7.80. The number of pyridine rings is 1. The van der Waals surface area contributed by atoms with Crippen molar-refractivity contribution in [2.75, 3.05) is 5.32 Å². The van der Waals surface area contributed by atoms with Crippen LogP contribution in [0.3, 0.4) is 0 Å². The molecule has 4 N–H and O–H groups in total. The van der Waals surface area contributed by atoms with E-state index in [1.165, 1.54) is 12.1 Å². The third-order valence-electron chi connectivity index (χ3n) is 6.91. The molecule has 0 amide bonds. The van der Waals surface area contributed by atoms with E-state index in [1.54, 1.807) is 18.3 Å². The number of aromatic amines is 2. The summed E-state index contributed by atoms with van der Waals surface area (Å²) >= 11 is 0. The molecule has 0 radical (unpaired) electrons. The molecule has 1 aliphatic rings. The summed E-state index contributed by atoms with van der Waals surface area (Å²) in [4.78, 5) is 12.7. The number of aromatic nitrogens is 5. The van der Waals surface area contributed by atoms with E-state index in [-0.39, 0.29) is 5.82 Å². The lowest BCUT2D eigenvalue weighted by molar-refractivity contribution is 0.180. The van der Waals surface area contributed by atoms with E-state index in [2.05, 4.69) is 31.5 Å². The molecule has 3 heterocycles. The molecule has 7 rings (SSSR count). The van der Waals surface area contributed by atoms with Gasteiger partial charge in [-0.25, -0.2) is 9.37 Å². The van der Waals surface area contributed by atoms with E-state index in [0.717, 1.165) is 62.7 Å². The molecular formula is C29H23FN6O. The molecular weight excluding hydrogens is 467 g/mol. The smallest absolute Gasteiger partial charge is 0.159 e. The molecule has 1 saturated carbocycles. The number of para-hydroxylation sites is 1. The largest absolute Gasteiger partial charge is 0.374 e. The molecule has 0 aliphatic heterocycles. The van der Waals surface area contributed by atoms with Gasteiger partial charge in [0, 0.05) is 28.6 Å². The van der Waals surface area contributed by atoms with Gasteiger partial charge < -0.3 is 15.4 Å². The Hall–Kier alpha value is -4.56. The number of halogens is 1. The zero-order chi connectivity index (χ0) is 24.9. The van der Waals surface area contributed by atoms with Crippen LogP contribution in [-0.2, 0) is 0 Å². The van der Waals surface area contributed by atoms with Crippen molar-refractivity contribution >= 4 is 27.6 Å². The second-order valence-corrected chi connectivity index (χ2v) is 9.52. The number of hydrogen-bond donors (Lipinski definition) is 4. The van der Waals surface area contributed by atoms with E-state index in [9.17, 15) is 9.50 Å². The van der Waals surface area contributed by atoms with Gasteiger partial charge in [0.15, 0.2) is 5.82 Å². The van der Waals surface area contributed by atoms with Gasteiger partial charge in [0.1, 0.15) is 17.7 Å². The van der Waals surface area contributed by atoms with Crippen LogP contribution in [0.2, 0.25) is 0 Å². The Morgan fingerprint density at radius 3 is 2.59 bits per heavy atom. The van der Waals surface area contributed by atoms with Crippen molar-refractivity contribution in [1.82, 2.24) is 25.1 Å². The highest BCUT2D eigenvalue weighted by Crippen LogP contribution is 2.35. The minimum Gasteiger partial charge on any atom is -0.374 e. The number of benzene rings is 3. The van der Waals surface area contributed by atoms with Crippen LogP contribution in [0.5, 0.6) is 0 Å². The molecule has 0 saturated heterocycles. The summed E-state index contributed by atoms with van der Waals surface area (Å²) in [6.07, 6.45) is 5.09. The Bertz CT molecular complexity index is 1750. The maximum absolute atomic E-state index is 13.5. The van der Waals surface area contributed by atoms with Gasteiger partial charge >= 0.3 is 0 Å². The Morgan fingerprint density at radius 1 is 0.919 bits per heavy atom. The van der Waals surface area contributed by atoms with Crippen LogP contribution < -0.4 is 5.32 Å². The van der Waals surface area contributed by atoms with Crippen LogP contribution >= 0.6 is 0 Å². The number of anilines is 1. The van der Waals surface area contributed by atoms with Gasteiger partial charge in [0.05, 0.1) is 28.4 Å². The number of nitrogens with one attached hydrogen (secondary N) is 3. The van der Waals surface area contributed by atoms with E-state index < -0.39 is 6.23 Å². The average Bonchev–Trinajstić information content (AvgIpc) is 3.55. The molecule has 37 heavy (non-hydrogen) atoms. The van der Waals surface area contributed by atoms with Gasteiger partial charge in [-0.2, -0.15) is 5.10 Å². The highest BCUT2D eigenvalue weighted by molar-refractivity contribution is 5.98. The SMILES string of the molecule is OC(Nc1cncc(-c2ccc3[nH]nc(-c4nc5c(-c6ccc(F)cc6)cccc5[nH]4)c3c2)c1)C1CC1. The van der Waals surface area contributed by atoms with Crippen LogP contribution in [0.15, 0.2) is 79.1 Å². The van der Waals surface area contributed by atoms with Gasteiger partial charge in [0.2, 0.25) is 0 Å². The highest BCUT2D eigenvalue weighted by atomic mass is 19.1. The normalized spacial score (nSPS) is 14.3. The lowest BCUT2D eigenvalue weighted by Crippen LogP contribution is -2.20. The molecule has 1 fully saturated rings. The quantitative estimate of drug-likeness (QED) is 0.211. The van der Waals surface area contributed by atoms with Crippen molar-refractivity contribution < 1.29 is 9.50 Å². The van der Waals surface area contributed by atoms with Gasteiger partial charge in [0.25, 0.3) is 0 Å². The molecule has 1 atom stereocenters. The molecule has 8 heteroatoms. The number of nitrogens with zero attached hydrogens (tertiary/aromatic N) is 3. The first-order valence-electron chi connectivity index (χ1n) is 12.3. The fourth-order valence-corrected chi connectivity index (χ4v) is 4.76. The Morgan fingerprint density at radius 2 is 1.76 bits per heavy atom. The van der Waals surface area contributed by atoms with Crippen molar-refractivity contribution in [3.63, 3.8) is 0 Å². The van der Waals surface area contributed by atoms with Crippen molar-refractivity contribution in [2.24, 2.45) is 5.92 Å². The average molecular weight is 491 g/mol. The van der Waals surface area contributed by atoms with E-state index in [4.69, 9.17) is 4.98 Å². The molecule has 3 aromatic heterocycles. The number of aliphatic hydroxyl groups is 1. The first-order chi connectivity index (χ1) is 18.1. The molecule has 3 aromatic carbocycles. The predicted octanol–water partition coefficient (Wildman–Crippen LogP) is 6.11. The van der Waals surface area contributed by atoms with Crippen molar-refractivity contribution in [1.29, 1.82) is 0 Å². The number of rotatable bonds is 6. The van der Waals surface area contributed by atoms with Gasteiger partial charge in [-0.1, -0.05) is 30.3 Å². The number of H-pyrrole nitrogens is 2. The number of imidazole rings is 1. The van der Waals surface area contributed by atoms with Crippen molar-refractivity contribution in [3.05, 3.63) is 84.9 Å². The Balaban J connectivity index is 1.27. The standard InChI is InChI=1S/C29H23FN6O/c30-20-9-6-16(7-10-20)22-2-1-3-25-26(22)34-28(33-25)27-23-13-18(8-11-24(23)35-36-27)19-12-21(15-31-14-19)32-29(37)17-4-5-17/h1-3,6-15,17,29,32,37H,4-5H2,(H,33,34)(H,35,36). The molecule has 1 unspecified atom stereocenters. The van der Waals surface area contributed by atoms with Crippen LogP contribution in [0.4, 0.5) is 10.1 Å². The first-order valence-corrected chi connectivity index (χ1v) is 12.3. The number of aliphatic hydroxyl groups excluding tert-OH is 1. The summed E-state index contributed by atoms with van der Waals surface area (Å²) in [5.74, 6) is 0.697. The summed E-state index contributed by atoms with van der Waals surface area (Å²) in [5, 5.41) is 22.0. The molecule has 0 bridgehead atoms. The third-order valence-corrected chi connectivity index (χ3v) is 6.91. The zero-order valence-electron chi connectivity index (χ0n) is 19.7. The first kappa shape index (κ1) is 21.7. The fraction of sp³-hybridized carbons (Fsp3) is 0.138. The van der Waals surface area contributed by atoms with E-state index in [0.29, 0.717) is 17.4 Å². The van der Waals surface area contributed by atoms with Gasteiger partial charge in [-0.15, -0.1) is 0 Å².